The van der Waals surface area contributed by atoms with Gasteiger partial charge in [-0.2, -0.15) is 5.10 Å². The lowest BCUT2D eigenvalue weighted by molar-refractivity contribution is -0.121. The van der Waals surface area contributed by atoms with Crippen molar-refractivity contribution in [3.05, 3.63) is 64.4 Å². The number of aromatic amines is 1. The maximum atomic E-state index is 12.8. The molecule has 0 atom stereocenters. The van der Waals surface area contributed by atoms with E-state index in [4.69, 9.17) is 12.2 Å². The minimum absolute atomic E-state index is 0.0187. The van der Waals surface area contributed by atoms with Gasteiger partial charge in [0.1, 0.15) is 6.54 Å². The van der Waals surface area contributed by atoms with E-state index in [1.807, 2.05) is 55.5 Å². The van der Waals surface area contributed by atoms with Crippen LogP contribution in [0.25, 0.3) is 11.4 Å². The van der Waals surface area contributed by atoms with Gasteiger partial charge in [0.15, 0.2) is 10.6 Å². The number of fused-ring (bicyclic) bond motifs is 1. The quantitative estimate of drug-likeness (QED) is 0.531. The van der Waals surface area contributed by atoms with Gasteiger partial charge in [0.05, 0.1) is 11.4 Å². The van der Waals surface area contributed by atoms with Gasteiger partial charge in [-0.05, 0) is 37.2 Å². The third-order valence-corrected chi connectivity index (χ3v) is 7.31. The zero-order valence-corrected chi connectivity index (χ0v) is 18.7. The van der Waals surface area contributed by atoms with Crippen LogP contribution in [0.2, 0.25) is 0 Å². The lowest BCUT2D eigenvalue weighted by atomic mass is 10.1. The summed E-state index contributed by atoms with van der Waals surface area (Å²) in [6, 6.07) is 15.2. The lowest BCUT2D eigenvalue weighted by Crippen LogP contribution is -2.37. The van der Waals surface area contributed by atoms with Gasteiger partial charge in [0.25, 0.3) is 0 Å². The molecule has 1 aliphatic heterocycles. The highest BCUT2D eigenvalue weighted by atomic mass is 32.2. The van der Waals surface area contributed by atoms with Crippen molar-refractivity contribution in [2.24, 2.45) is 0 Å². The number of hydrogen-bond donors (Lipinski definition) is 2. The first-order valence-corrected chi connectivity index (χ1v) is 11.9. The molecule has 162 valence electrons. The number of para-hydroxylation sites is 1. The van der Waals surface area contributed by atoms with Crippen LogP contribution in [0, 0.1) is 11.7 Å². The summed E-state index contributed by atoms with van der Waals surface area (Å²) in [5, 5.41) is 9.63. The maximum Gasteiger partial charge on any atom is 0.240 e. The Morgan fingerprint density at radius 1 is 1.19 bits per heavy atom. The number of benzene rings is 2. The van der Waals surface area contributed by atoms with Crippen LogP contribution in [-0.2, 0) is 27.8 Å². The number of aryl methyl sites for hydroxylation is 1. The van der Waals surface area contributed by atoms with Crippen molar-refractivity contribution in [3.8, 4) is 11.4 Å². The summed E-state index contributed by atoms with van der Waals surface area (Å²) < 4.78 is 28.9. The normalized spacial score (nSPS) is 13.3. The zero-order chi connectivity index (χ0) is 22.0. The summed E-state index contributed by atoms with van der Waals surface area (Å²) in [7, 11) is -3.52. The molecule has 8 nitrogen and oxygen atoms in total. The molecule has 0 saturated carbocycles. The Bertz CT molecular complexity index is 1260. The fraction of sp³-hybridized carbons (Fsp3) is 0.286. The van der Waals surface area contributed by atoms with E-state index in [2.05, 4.69) is 15.5 Å². The Morgan fingerprint density at radius 2 is 1.94 bits per heavy atom. The summed E-state index contributed by atoms with van der Waals surface area (Å²) in [6.07, 6.45) is 0.697. The van der Waals surface area contributed by atoms with Gasteiger partial charge < -0.3 is 5.32 Å². The number of nitrogens with zero attached hydrogens (tertiary/aromatic N) is 3. The number of anilines is 1. The molecule has 0 bridgehead atoms. The molecule has 1 amide bonds. The molecule has 2 heterocycles. The molecule has 0 spiro atoms. The van der Waals surface area contributed by atoms with E-state index in [1.54, 1.807) is 4.57 Å². The van der Waals surface area contributed by atoms with Crippen LogP contribution >= 0.6 is 12.2 Å². The van der Waals surface area contributed by atoms with Crippen LogP contribution in [0.3, 0.4) is 0 Å². The Labute approximate surface area is 186 Å². The summed E-state index contributed by atoms with van der Waals surface area (Å²) in [4.78, 5) is 12.5. The Kier molecular flexibility index (Phi) is 5.92. The number of nitrogens with one attached hydrogen (secondary N) is 2. The van der Waals surface area contributed by atoms with Gasteiger partial charge in [0.2, 0.25) is 15.9 Å². The minimum Gasteiger partial charge on any atom is -0.353 e. The van der Waals surface area contributed by atoms with E-state index < -0.39 is 10.0 Å². The van der Waals surface area contributed by atoms with Crippen LogP contribution in [0.4, 0.5) is 5.69 Å². The first-order valence-electron chi connectivity index (χ1n) is 9.92. The van der Waals surface area contributed by atoms with E-state index >= 15 is 0 Å². The highest BCUT2D eigenvalue weighted by molar-refractivity contribution is 7.92. The van der Waals surface area contributed by atoms with E-state index in [1.165, 1.54) is 4.31 Å². The third kappa shape index (κ3) is 4.54. The van der Waals surface area contributed by atoms with Crippen molar-refractivity contribution in [3.63, 3.8) is 0 Å². The Hall–Kier alpha value is -2.98. The zero-order valence-electron chi connectivity index (χ0n) is 17.0. The van der Waals surface area contributed by atoms with Gasteiger partial charge in [-0.25, -0.2) is 8.42 Å². The lowest BCUT2D eigenvalue weighted by Gasteiger charge is -2.19. The molecule has 0 fully saturated rings. The monoisotopic (exact) mass is 457 g/mol. The highest BCUT2D eigenvalue weighted by Gasteiger charge is 2.28. The fourth-order valence-corrected chi connectivity index (χ4v) is 5.24. The standard InChI is InChI=1S/C21H23N5O3S2/c1-15-6-8-17(9-7-15)20-23-24-21(30)25(20)14-19(27)22-11-13-31(28,29)26-12-10-16-4-2-3-5-18(16)26/h2-9H,10-14H2,1H3,(H,22,27)(H,24,30). The fourth-order valence-electron chi connectivity index (χ4n) is 3.61. The topological polar surface area (TPSA) is 100 Å². The van der Waals surface area contributed by atoms with Crippen molar-refractivity contribution < 1.29 is 13.2 Å². The Morgan fingerprint density at radius 3 is 2.71 bits per heavy atom. The second-order valence-electron chi connectivity index (χ2n) is 7.42. The molecule has 4 rings (SSSR count). The average Bonchev–Trinajstić information content (AvgIpc) is 3.33. The number of rotatable bonds is 7. The number of carbonyl (C=O) groups is 1. The molecular formula is C21H23N5O3S2. The number of sulfonamides is 1. The summed E-state index contributed by atoms with van der Waals surface area (Å²) >= 11 is 5.26. The molecule has 3 aromatic rings. The third-order valence-electron chi connectivity index (χ3n) is 5.23. The second kappa shape index (κ2) is 8.64. The number of carbonyl (C=O) groups excluding carboxylic acids is 1. The average molecular weight is 458 g/mol. The van der Waals surface area contributed by atoms with Crippen molar-refractivity contribution in [1.82, 2.24) is 20.1 Å². The highest BCUT2D eigenvalue weighted by Crippen LogP contribution is 2.29. The molecule has 1 aliphatic rings. The van der Waals surface area contributed by atoms with E-state index in [0.29, 0.717) is 23.6 Å². The van der Waals surface area contributed by atoms with Gasteiger partial charge in [-0.15, -0.1) is 0 Å². The largest absolute Gasteiger partial charge is 0.353 e. The van der Waals surface area contributed by atoms with Crippen molar-refractivity contribution in [2.75, 3.05) is 23.1 Å². The molecule has 2 N–H and O–H groups in total. The van der Waals surface area contributed by atoms with Crippen molar-refractivity contribution in [2.45, 2.75) is 19.9 Å². The van der Waals surface area contributed by atoms with Crippen LogP contribution in [-0.4, -0.2) is 47.9 Å². The first-order chi connectivity index (χ1) is 14.8. The van der Waals surface area contributed by atoms with Gasteiger partial charge in [-0.1, -0.05) is 48.0 Å². The van der Waals surface area contributed by atoms with E-state index in [9.17, 15) is 13.2 Å². The molecule has 31 heavy (non-hydrogen) atoms. The van der Waals surface area contributed by atoms with Gasteiger partial charge >= 0.3 is 0 Å². The molecule has 10 heteroatoms. The second-order valence-corrected chi connectivity index (χ2v) is 9.82. The number of H-pyrrole nitrogens is 1. The predicted octanol–water partition coefficient (Wildman–Crippen LogP) is 2.42. The van der Waals surface area contributed by atoms with Crippen LogP contribution in [0.15, 0.2) is 48.5 Å². The van der Waals surface area contributed by atoms with Crippen LogP contribution in [0.1, 0.15) is 11.1 Å². The van der Waals surface area contributed by atoms with Crippen molar-refractivity contribution >= 4 is 33.8 Å². The maximum absolute atomic E-state index is 12.8. The van der Waals surface area contributed by atoms with Gasteiger partial charge in [0, 0.05) is 18.7 Å². The predicted molar refractivity (Wildman–Crippen MR) is 122 cm³/mol. The summed E-state index contributed by atoms with van der Waals surface area (Å²) in [6.45, 7) is 2.39. The Balaban J connectivity index is 1.38. The van der Waals surface area contributed by atoms with E-state index in [0.717, 1.165) is 22.4 Å². The molecule has 0 unspecified atom stereocenters. The van der Waals surface area contributed by atoms with E-state index in [-0.39, 0.29) is 24.7 Å². The smallest absolute Gasteiger partial charge is 0.240 e. The molecule has 2 aromatic carbocycles. The summed E-state index contributed by atoms with van der Waals surface area (Å²) in [5.74, 6) is 0.0543. The van der Waals surface area contributed by atoms with Crippen LogP contribution < -0.4 is 9.62 Å². The molecule has 0 aliphatic carbocycles. The SMILES string of the molecule is Cc1ccc(-c2n[nH]c(=S)n2CC(=O)NCCS(=O)(=O)N2CCc3ccccc32)cc1. The minimum atomic E-state index is -3.52. The number of aromatic nitrogens is 3. The van der Waals surface area contributed by atoms with Gasteiger partial charge in [-0.3, -0.25) is 18.8 Å². The number of hydrogen-bond acceptors (Lipinski definition) is 5. The summed E-state index contributed by atoms with van der Waals surface area (Å²) in [5.41, 5.74) is 3.69. The molecular weight excluding hydrogens is 434 g/mol. The van der Waals surface area contributed by atoms with Crippen molar-refractivity contribution in [1.29, 1.82) is 0 Å². The molecule has 1 aromatic heterocycles. The van der Waals surface area contributed by atoms with Crippen LogP contribution in [0.5, 0.6) is 0 Å². The molecule has 0 radical (unpaired) electrons. The first kappa shape index (κ1) is 21.3. The molecule has 0 saturated heterocycles. The number of amides is 1.